The molecule has 0 unspecified atom stereocenters. The highest BCUT2D eigenvalue weighted by Gasteiger charge is 2.15. The van der Waals surface area contributed by atoms with E-state index in [0.29, 0.717) is 10.6 Å². The number of hydrogen-bond donors (Lipinski definition) is 0. The Labute approximate surface area is 124 Å². The van der Waals surface area contributed by atoms with E-state index < -0.39 is 17.9 Å². The Morgan fingerprint density at radius 2 is 1.23 bits per heavy atom. The van der Waals surface area contributed by atoms with Crippen molar-refractivity contribution in [1.29, 1.82) is 0 Å². The highest BCUT2D eigenvalue weighted by Crippen LogP contribution is 2.36. The lowest BCUT2D eigenvalue weighted by molar-refractivity contribution is -0.385. The number of nitro groups is 2. The molecular weight excluding hydrogens is 309 g/mol. The second kappa shape index (κ2) is 6.62. The molecule has 2 rings (SSSR count). The monoisotopic (exact) mass is 317 g/mol. The van der Waals surface area contributed by atoms with Crippen LogP contribution in [-0.4, -0.2) is 9.85 Å². The van der Waals surface area contributed by atoms with E-state index in [9.17, 15) is 20.2 Å². The van der Waals surface area contributed by atoms with Gasteiger partial charge in [-0.1, -0.05) is 4.88 Å². The van der Waals surface area contributed by atoms with Crippen LogP contribution in [0.25, 0.3) is 10.4 Å². The van der Waals surface area contributed by atoms with Crippen molar-refractivity contribution >= 4 is 30.1 Å². The molecule has 0 bridgehead atoms. The summed E-state index contributed by atoms with van der Waals surface area (Å²) in [6, 6.07) is 11.3. The molecule has 0 saturated heterocycles. The van der Waals surface area contributed by atoms with Crippen molar-refractivity contribution in [3.63, 3.8) is 0 Å². The van der Waals surface area contributed by atoms with Crippen LogP contribution in [0.1, 0.15) is 0 Å². The van der Waals surface area contributed by atoms with Gasteiger partial charge in [-0.15, -0.1) is 0 Å². The van der Waals surface area contributed by atoms with Gasteiger partial charge in [-0.25, -0.2) is 0 Å². The molecule has 0 aromatic heterocycles. The summed E-state index contributed by atoms with van der Waals surface area (Å²) in [5, 5.41) is 22.5. The molecular formula is C12H8N5O4P. The molecule has 2 aromatic rings. The van der Waals surface area contributed by atoms with Crippen molar-refractivity contribution in [2.45, 2.75) is 0 Å². The predicted octanol–water partition coefficient (Wildman–Crippen LogP) is 3.16. The van der Waals surface area contributed by atoms with Gasteiger partial charge in [-0.05, 0) is 40.4 Å². The first-order valence-corrected chi connectivity index (χ1v) is 7.16. The Hall–Kier alpha value is -3.02. The molecule has 0 aliphatic carbocycles. The minimum Gasteiger partial charge on any atom is -0.258 e. The molecule has 0 amide bonds. The van der Waals surface area contributed by atoms with Crippen LogP contribution < -0.4 is 10.6 Å². The lowest BCUT2D eigenvalue weighted by atomic mass is 10.3. The van der Waals surface area contributed by atoms with E-state index in [0.717, 1.165) is 0 Å². The average molecular weight is 317 g/mol. The molecule has 10 heteroatoms. The standard InChI is InChI=1S/C12H8N5O4P/c13-14-15-22(11-5-1-9(2-6-11)16(18)19)12-7-3-10(4-8-12)17(20)21/h1-8H. The summed E-state index contributed by atoms with van der Waals surface area (Å²) in [7, 11) is -1.45. The number of azide groups is 1. The quantitative estimate of drug-likeness (QED) is 0.209. The van der Waals surface area contributed by atoms with E-state index in [-0.39, 0.29) is 11.4 Å². The van der Waals surface area contributed by atoms with E-state index in [1.165, 1.54) is 48.5 Å². The second-order valence-corrected chi connectivity index (χ2v) is 5.87. The molecule has 9 nitrogen and oxygen atoms in total. The number of nitrogens with zero attached hydrogens (tertiary/aromatic N) is 5. The van der Waals surface area contributed by atoms with Gasteiger partial charge in [0.1, 0.15) is 0 Å². The summed E-state index contributed by atoms with van der Waals surface area (Å²) in [5.41, 5.74) is 8.57. The van der Waals surface area contributed by atoms with Crippen molar-refractivity contribution in [3.8, 4) is 0 Å². The first-order valence-electron chi connectivity index (χ1n) is 5.87. The van der Waals surface area contributed by atoms with Gasteiger partial charge in [0.25, 0.3) is 11.4 Å². The maximum Gasteiger partial charge on any atom is 0.269 e. The summed E-state index contributed by atoms with van der Waals surface area (Å²) < 4.78 is 0. The Kier molecular flexibility index (Phi) is 4.63. The summed E-state index contributed by atoms with van der Waals surface area (Å²) in [6.07, 6.45) is 0. The second-order valence-electron chi connectivity index (χ2n) is 4.04. The molecule has 0 heterocycles. The van der Waals surface area contributed by atoms with Crippen LogP contribution in [0.3, 0.4) is 0 Å². The summed E-state index contributed by atoms with van der Waals surface area (Å²) in [4.78, 5) is 26.8. The zero-order valence-corrected chi connectivity index (χ0v) is 11.8. The zero-order valence-electron chi connectivity index (χ0n) is 10.9. The smallest absolute Gasteiger partial charge is 0.258 e. The summed E-state index contributed by atoms with van der Waals surface area (Å²) >= 11 is 0. The highest BCUT2D eigenvalue weighted by molar-refractivity contribution is 7.71. The van der Waals surface area contributed by atoms with Gasteiger partial charge in [0.2, 0.25) is 0 Å². The molecule has 0 aliphatic heterocycles. The van der Waals surface area contributed by atoms with Crippen LogP contribution in [0.15, 0.2) is 53.4 Å². The molecule has 0 radical (unpaired) electrons. The lowest BCUT2D eigenvalue weighted by Crippen LogP contribution is -2.10. The molecule has 0 fully saturated rings. The van der Waals surface area contributed by atoms with Crippen molar-refractivity contribution in [3.05, 3.63) is 79.2 Å². The van der Waals surface area contributed by atoms with Gasteiger partial charge >= 0.3 is 0 Å². The third-order valence-corrected chi connectivity index (χ3v) is 4.57. The fourth-order valence-electron chi connectivity index (χ4n) is 1.72. The summed E-state index contributed by atoms with van der Waals surface area (Å²) in [5.74, 6) is 0. The van der Waals surface area contributed by atoms with Crippen molar-refractivity contribution in [2.75, 3.05) is 0 Å². The highest BCUT2D eigenvalue weighted by atomic mass is 31.1. The predicted molar refractivity (Wildman–Crippen MR) is 81.5 cm³/mol. The lowest BCUT2D eigenvalue weighted by Gasteiger charge is -2.11. The minimum atomic E-state index is -1.45. The third-order valence-electron chi connectivity index (χ3n) is 2.74. The van der Waals surface area contributed by atoms with Crippen LogP contribution >= 0.6 is 8.07 Å². The fraction of sp³-hybridized carbons (Fsp3) is 0. The number of benzene rings is 2. The van der Waals surface area contributed by atoms with E-state index in [1.807, 2.05) is 0 Å². The van der Waals surface area contributed by atoms with Crippen LogP contribution in [-0.2, 0) is 0 Å². The van der Waals surface area contributed by atoms with E-state index in [2.05, 4.69) is 9.80 Å². The molecule has 0 N–H and O–H groups in total. The molecule has 2 aromatic carbocycles. The molecule has 0 saturated carbocycles. The Morgan fingerprint density at radius 1 is 0.864 bits per heavy atom. The van der Waals surface area contributed by atoms with Crippen LogP contribution in [0.2, 0.25) is 0 Å². The number of rotatable bonds is 5. The fourth-order valence-corrected chi connectivity index (χ4v) is 3.17. The number of non-ortho nitro benzene ring substituents is 2. The zero-order chi connectivity index (χ0) is 16.1. The maximum absolute atomic E-state index is 10.6. The third kappa shape index (κ3) is 3.35. The van der Waals surface area contributed by atoms with Gasteiger partial charge in [0.05, 0.1) is 9.85 Å². The van der Waals surface area contributed by atoms with E-state index in [1.54, 1.807) is 0 Å². The average Bonchev–Trinajstić information content (AvgIpc) is 2.53. The maximum atomic E-state index is 10.6. The molecule has 0 spiro atoms. The largest absolute Gasteiger partial charge is 0.269 e. The van der Waals surface area contributed by atoms with E-state index in [4.69, 9.17) is 5.53 Å². The minimum absolute atomic E-state index is 0.0664. The van der Waals surface area contributed by atoms with Crippen molar-refractivity contribution in [2.24, 2.45) is 4.88 Å². The van der Waals surface area contributed by atoms with Crippen LogP contribution in [0.5, 0.6) is 0 Å². The normalized spacial score (nSPS) is 10.0. The van der Waals surface area contributed by atoms with Gasteiger partial charge in [0, 0.05) is 37.2 Å². The molecule has 0 atom stereocenters. The van der Waals surface area contributed by atoms with Gasteiger partial charge < -0.3 is 0 Å². The van der Waals surface area contributed by atoms with Gasteiger partial charge in [-0.2, -0.15) is 0 Å². The summed E-state index contributed by atoms with van der Waals surface area (Å²) in [6.45, 7) is 0. The van der Waals surface area contributed by atoms with Crippen molar-refractivity contribution < 1.29 is 9.85 Å². The SMILES string of the molecule is [N-]=[N+]=NP(c1ccc([N+](=O)[O-])cc1)c1ccc([N+](=O)[O-])cc1. The first-order chi connectivity index (χ1) is 10.5. The molecule has 0 aliphatic rings. The number of nitro benzene ring substituents is 2. The van der Waals surface area contributed by atoms with Gasteiger partial charge in [-0.3, -0.25) is 20.2 Å². The molecule has 110 valence electrons. The Balaban J connectivity index is 2.39. The number of hydrogen-bond acceptors (Lipinski definition) is 5. The topological polar surface area (TPSA) is 135 Å². The van der Waals surface area contributed by atoms with Crippen molar-refractivity contribution in [1.82, 2.24) is 0 Å². The van der Waals surface area contributed by atoms with Crippen LogP contribution in [0, 0.1) is 20.2 Å². The Bertz CT molecular complexity index is 699. The first kappa shape index (κ1) is 15.4. The van der Waals surface area contributed by atoms with Crippen LogP contribution in [0.4, 0.5) is 11.4 Å². The van der Waals surface area contributed by atoms with Gasteiger partial charge in [0.15, 0.2) is 0 Å². The molecule has 22 heavy (non-hydrogen) atoms. The Morgan fingerprint density at radius 3 is 1.50 bits per heavy atom. The van der Waals surface area contributed by atoms with E-state index >= 15 is 0 Å².